The molecular weight excluding hydrogens is 422 g/mol. The van der Waals surface area contributed by atoms with Crippen LogP contribution in [0.15, 0.2) is 33.7 Å². The Balaban J connectivity index is 0.00000225. The molecule has 1 aliphatic heterocycles. The minimum Gasteiger partial charge on any atom is -0.350 e. The fourth-order valence-corrected chi connectivity index (χ4v) is 4.71. The van der Waals surface area contributed by atoms with Crippen LogP contribution in [0.5, 0.6) is 0 Å². The summed E-state index contributed by atoms with van der Waals surface area (Å²) in [5.41, 5.74) is 0.840. The summed E-state index contributed by atoms with van der Waals surface area (Å²) in [4.78, 5) is 19.4. The van der Waals surface area contributed by atoms with Crippen molar-refractivity contribution in [2.24, 2.45) is 4.99 Å². The highest BCUT2D eigenvalue weighted by atomic mass is 79.9. The average Bonchev–Trinajstić information content (AvgIpc) is 2.91. The molecule has 1 aromatic carbocycles. The molecule has 4 nitrogen and oxygen atoms in total. The van der Waals surface area contributed by atoms with Gasteiger partial charge in [0, 0.05) is 35.4 Å². The molecule has 0 spiro atoms. The minimum absolute atomic E-state index is 0. The fourth-order valence-electron chi connectivity index (χ4n) is 3.19. The summed E-state index contributed by atoms with van der Waals surface area (Å²) in [6.07, 6.45) is 6.88. The molecule has 2 aliphatic rings. The number of hydrogen-bond donors (Lipinski definition) is 1. The number of amides is 1. The number of benzene rings is 1. The number of nitrogens with zero attached hydrogens (tertiary/aromatic N) is 2. The van der Waals surface area contributed by atoms with Crippen LogP contribution in [0, 0.1) is 0 Å². The van der Waals surface area contributed by atoms with Crippen molar-refractivity contribution in [3.8, 4) is 0 Å². The monoisotopic (exact) mass is 445 g/mol. The first kappa shape index (κ1) is 20.6. The van der Waals surface area contributed by atoms with Gasteiger partial charge in [0.25, 0.3) is 0 Å². The maximum atomic E-state index is 12.3. The van der Waals surface area contributed by atoms with Gasteiger partial charge in [-0.25, -0.2) is 0 Å². The van der Waals surface area contributed by atoms with Crippen LogP contribution in [-0.2, 0) is 4.79 Å². The van der Waals surface area contributed by atoms with E-state index in [0.29, 0.717) is 12.5 Å². The van der Waals surface area contributed by atoms with Crippen molar-refractivity contribution in [1.82, 2.24) is 4.90 Å². The van der Waals surface area contributed by atoms with Gasteiger partial charge >= 0.3 is 0 Å². The van der Waals surface area contributed by atoms with Crippen LogP contribution in [0.4, 0.5) is 5.69 Å². The number of thioether (sulfide) groups is 1. The zero-order valence-corrected chi connectivity index (χ0v) is 17.6. The lowest BCUT2D eigenvalue weighted by Gasteiger charge is -2.23. The maximum Gasteiger partial charge on any atom is 0.226 e. The SMILES string of the molecule is CN1C(=NC2CCCCC2)SCC1CC(=O)Nc1ccc(Br)cc1.Cl. The number of hydrogen-bond acceptors (Lipinski definition) is 3. The Hall–Kier alpha value is -0.720. The van der Waals surface area contributed by atoms with E-state index >= 15 is 0 Å². The van der Waals surface area contributed by atoms with Crippen LogP contribution < -0.4 is 5.32 Å². The summed E-state index contributed by atoms with van der Waals surface area (Å²) in [6.45, 7) is 0. The Morgan fingerprint density at radius 2 is 1.96 bits per heavy atom. The maximum absolute atomic E-state index is 12.3. The molecule has 1 saturated heterocycles. The van der Waals surface area contributed by atoms with Crippen LogP contribution >= 0.6 is 40.1 Å². The normalized spacial score (nSPS) is 22.7. The highest BCUT2D eigenvalue weighted by molar-refractivity contribution is 9.10. The highest BCUT2D eigenvalue weighted by Gasteiger charge is 2.29. The number of rotatable bonds is 4. The summed E-state index contributed by atoms with van der Waals surface area (Å²) in [6, 6.07) is 8.40. The first-order valence-electron chi connectivity index (χ1n) is 8.60. The predicted molar refractivity (Wildman–Crippen MR) is 113 cm³/mol. The number of amidine groups is 1. The summed E-state index contributed by atoms with van der Waals surface area (Å²) >= 11 is 5.19. The molecular formula is C18H25BrClN3OS. The zero-order chi connectivity index (χ0) is 16.9. The van der Waals surface area contributed by atoms with Crippen molar-refractivity contribution in [2.45, 2.75) is 50.6 Å². The van der Waals surface area contributed by atoms with E-state index in [1.807, 2.05) is 24.3 Å². The lowest BCUT2D eigenvalue weighted by Crippen LogP contribution is -2.34. The second-order valence-corrected chi connectivity index (χ2v) is 8.44. The predicted octanol–water partition coefficient (Wildman–Crippen LogP) is 4.94. The third kappa shape index (κ3) is 5.90. The number of nitrogens with one attached hydrogen (secondary N) is 1. The number of carbonyl (C=O) groups excluding carboxylic acids is 1. The van der Waals surface area contributed by atoms with Gasteiger partial charge in [-0.05, 0) is 37.1 Å². The zero-order valence-electron chi connectivity index (χ0n) is 14.4. The van der Waals surface area contributed by atoms with Crippen LogP contribution in [0.3, 0.4) is 0 Å². The number of aliphatic imine (C=N–C) groups is 1. The first-order chi connectivity index (χ1) is 11.6. The molecule has 0 aromatic heterocycles. The van der Waals surface area contributed by atoms with Crippen molar-refractivity contribution >= 4 is 56.9 Å². The van der Waals surface area contributed by atoms with E-state index in [9.17, 15) is 4.79 Å². The number of carbonyl (C=O) groups is 1. The molecule has 1 saturated carbocycles. The first-order valence-corrected chi connectivity index (χ1v) is 10.4. The van der Waals surface area contributed by atoms with E-state index in [4.69, 9.17) is 4.99 Å². The number of anilines is 1. The third-order valence-electron chi connectivity index (χ3n) is 4.67. The molecule has 2 fully saturated rings. The lowest BCUT2D eigenvalue weighted by molar-refractivity contribution is -0.116. The third-order valence-corrected chi connectivity index (χ3v) is 6.40. The summed E-state index contributed by atoms with van der Waals surface area (Å²) in [5.74, 6) is 1.00. The number of halogens is 2. The Bertz CT molecular complexity index is 605. The molecule has 25 heavy (non-hydrogen) atoms. The van der Waals surface area contributed by atoms with E-state index in [2.05, 4.69) is 33.2 Å². The largest absolute Gasteiger partial charge is 0.350 e. The highest BCUT2D eigenvalue weighted by Crippen LogP contribution is 2.28. The van der Waals surface area contributed by atoms with Gasteiger partial charge in [0.05, 0.1) is 6.04 Å². The summed E-state index contributed by atoms with van der Waals surface area (Å²) in [7, 11) is 2.07. The van der Waals surface area contributed by atoms with Crippen LogP contribution in [-0.4, -0.2) is 40.9 Å². The van der Waals surface area contributed by atoms with Crippen molar-refractivity contribution in [3.05, 3.63) is 28.7 Å². The second kappa shape index (κ2) is 9.83. The standard InChI is InChI=1S/C18H24BrN3OS.ClH/c1-22-16(11-17(23)20-15-9-7-13(19)8-10-15)12-24-18(22)21-14-5-3-2-4-6-14;/h7-10,14,16H,2-6,11-12H2,1H3,(H,20,23);1H. The van der Waals surface area contributed by atoms with E-state index in [1.54, 1.807) is 11.8 Å². The molecule has 1 unspecified atom stereocenters. The van der Waals surface area contributed by atoms with Gasteiger partial charge in [-0.15, -0.1) is 12.4 Å². The topological polar surface area (TPSA) is 44.7 Å². The quantitative estimate of drug-likeness (QED) is 0.713. The van der Waals surface area contributed by atoms with E-state index in [0.717, 1.165) is 21.1 Å². The molecule has 0 bridgehead atoms. The van der Waals surface area contributed by atoms with E-state index < -0.39 is 0 Å². The second-order valence-electron chi connectivity index (χ2n) is 6.54. The van der Waals surface area contributed by atoms with E-state index in [1.165, 1.54) is 32.1 Å². The lowest BCUT2D eigenvalue weighted by atomic mass is 9.96. The molecule has 7 heteroatoms. The molecule has 1 aliphatic carbocycles. The van der Waals surface area contributed by atoms with Crippen molar-refractivity contribution in [1.29, 1.82) is 0 Å². The van der Waals surface area contributed by atoms with Gasteiger partial charge in [-0.2, -0.15) is 0 Å². The van der Waals surface area contributed by atoms with Gasteiger partial charge in [0.2, 0.25) is 5.91 Å². The summed E-state index contributed by atoms with van der Waals surface area (Å²) < 4.78 is 1.01. The smallest absolute Gasteiger partial charge is 0.226 e. The van der Waals surface area contributed by atoms with E-state index in [-0.39, 0.29) is 24.4 Å². The molecule has 3 rings (SSSR count). The van der Waals surface area contributed by atoms with Crippen LogP contribution in [0.2, 0.25) is 0 Å². The van der Waals surface area contributed by atoms with Crippen LogP contribution in [0.1, 0.15) is 38.5 Å². The Morgan fingerprint density at radius 1 is 1.28 bits per heavy atom. The average molecular weight is 447 g/mol. The van der Waals surface area contributed by atoms with Gasteiger partial charge in [-0.3, -0.25) is 9.79 Å². The molecule has 1 atom stereocenters. The van der Waals surface area contributed by atoms with Crippen LogP contribution in [0.25, 0.3) is 0 Å². The Labute approximate surface area is 168 Å². The van der Waals surface area contributed by atoms with Gasteiger partial charge < -0.3 is 10.2 Å². The molecule has 1 aromatic rings. The molecule has 1 heterocycles. The molecule has 0 radical (unpaired) electrons. The molecule has 1 N–H and O–H groups in total. The minimum atomic E-state index is 0. The Kier molecular flexibility index (Phi) is 8.10. The van der Waals surface area contributed by atoms with Crippen molar-refractivity contribution in [2.75, 3.05) is 18.1 Å². The van der Waals surface area contributed by atoms with Gasteiger partial charge in [-0.1, -0.05) is 47.0 Å². The summed E-state index contributed by atoms with van der Waals surface area (Å²) in [5, 5.41) is 4.09. The van der Waals surface area contributed by atoms with Gasteiger partial charge in [0.1, 0.15) is 0 Å². The van der Waals surface area contributed by atoms with Crippen molar-refractivity contribution in [3.63, 3.8) is 0 Å². The molecule has 138 valence electrons. The molecule has 1 amide bonds. The van der Waals surface area contributed by atoms with Crippen molar-refractivity contribution < 1.29 is 4.79 Å². The Morgan fingerprint density at radius 3 is 2.64 bits per heavy atom. The van der Waals surface area contributed by atoms with Gasteiger partial charge in [0.15, 0.2) is 5.17 Å². The fraction of sp³-hybridized carbons (Fsp3) is 0.556.